The fraction of sp³-hybridized carbons (Fsp3) is 0.556. The van der Waals surface area contributed by atoms with Crippen molar-refractivity contribution in [3.8, 4) is 0 Å². The molecule has 0 aliphatic heterocycles. The van der Waals surface area contributed by atoms with Crippen LogP contribution in [0.4, 0.5) is 0 Å². The van der Waals surface area contributed by atoms with Gasteiger partial charge in [-0.15, -0.1) is 0 Å². The summed E-state index contributed by atoms with van der Waals surface area (Å²) in [5, 5.41) is 7.29. The van der Waals surface area contributed by atoms with Crippen molar-refractivity contribution in [3.63, 3.8) is 0 Å². The second-order valence-electron chi connectivity index (χ2n) is 1.34. The number of nitrogens with zero attached hydrogens (tertiary/aromatic N) is 2. The van der Waals surface area contributed by atoms with Crippen LogP contribution in [0.25, 0.3) is 0 Å². The van der Waals surface area contributed by atoms with Gasteiger partial charge in [-0.05, 0) is 13.0 Å². The Morgan fingerprint density at radius 1 is 1.36 bits per heavy atom. The van der Waals surface area contributed by atoms with Gasteiger partial charge in [0.1, 0.15) is 0 Å². The Bertz CT molecular complexity index is 124. The second kappa shape index (κ2) is 16.0. The summed E-state index contributed by atoms with van der Waals surface area (Å²) in [5.41, 5.74) is 0.877. The molecular weight excluding hydrogens is 136 g/mol. The zero-order chi connectivity index (χ0) is 8.41. The van der Waals surface area contributed by atoms with Crippen molar-refractivity contribution in [3.05, 3.63) is 24.4 Å². The van der Waals surface area contributed by atoms with Crippen LogP contribution in [-0.4, -0.2) is 7.05 Å². The summed E-state index contributed by atoms with van der Waals surface area (Å²) >= 11 is 0. The van der Waals surface area contributed by atoms with Crippen LogP contribution in [0.5, 0.6) is 0 Å². The van der Waals surface area contributed by atoms with Crippen LogP contribution in [0.2, 0.25) is 0 Å². The van der Waals surface area contributed by atoms with Gasteiger partial charge in [-0.3, -0.25) is 0 Å². The summed E-state index contributed by atoms with van der Waals surface area (Å²) in [6.07, 6.45) is 3.48. The summed E-state index contributed by atoms with van der Waals surface area (Å²) in [4.78, 5) is 0. The first kappa shape index (κ1) is 16.6. The molecule has 0 aliphatic rings. The molecule has 0 aliphatic carbocycles. The number of hydrogen-bond donors (Lipinski definition) is 0. The predicted molar refractivity (Wildman–Crippen MR) is 52.8 cm³/mol. The Balaban J connectivity index is -0.000000196. The maximum atomic E-state index is 3.73. The highest BCUT2D eigenvalue weighted by Gasteiger charge is 1.74. The molecule has 0 rings (SSSR count). The zero-order valence-corrected chi connectivity index (χ0v) is 7.26. The molecule has 0 atom stereocenters. The van der Waals surface area contributed by atoms with E-state index < -0.39 is 0 Å². The molecule has 2 heteroatoms. The third kappa shape index (κ3) is 17.6. The molecule has 0 aromatic rings. The Morgan fingerprint density at radius 3 is 2.09 bits per heavy atom. The van der Waals surface area contributed by atoms with Crippen LogP contribution < -0.4 is 0 Å². The fourth-order valence-corrected chi connectivity index (χ4v) is 0.362. The molecule has 0 aromatic carbocycles. The normalized spacial score (nSPS) is 9.64. The molecule has 0 unspecified atom stereocenters. The lowest BCUT2D eigenvalue weighted by molar-refractivity contribution is 1.08. The molecular formula is C9H20N2. The molecule has 0 N–H and O–H groups in total. The number of allylic oxidation sites excluding steroid dienone is 3. The van der Waals surface area contributed by atoms with Crippen molar-refractivity contribution < 1.29 is 0 Å². The van der Waals surface area contributed by atoms with E-state index in [1.54, 1.807) is 19.2 Å². The Labute approximate surface area is 70.7 Å². The maximum absolute atomic E-state index is 3.73. The summed E-state index contributed by atoms with van der Waals surface area (Å²) < 4.78 is 0. The van der Waals surface area contributed by atoms with Crippen molar-refractivity contribution in [2.45, 2.75) is 28.2 Å². The van der Waals surface area contributed by atoms with Gasteiger partial charge in [0.2, 0.25) is 0 Å². The molecule has 0 fully saturated rings. The SMILES string of the molecule is C.C=C/C=C(/C)N=NC.CC. The molecule has 0 amide bonds. The maximum Gasteiger partial charge on any atom is 0.0595 e. The monoisotopic (exact) mass is 156 g/mol. The standard InChI is InChI=1S/C6H10N2.C2H6.CH4/c1-4-5-6(2)8-7-3;1-2;/h4-5H,1H2,2-3H3;1-2H3;1H4/b6-5-,8-7?;;. The van der Waals surface area contributed by atoms with Crippen LogP contribution in [0.15, 0.2) is 34.7 Å². The molecule has 0 heterocycles. The summed E-state index contributed by atoms with van der Waals surface area (Å²) in [6, 6.07) is 0. The summed E-state index contributed by atoms with van der Waals surface area (Å²) in [6.45, 7) is 9.37. The largest absolute Gasteiger partial charge is 0.192 e. The summed E-state index contributed by atoms with van der Waals surface area (Å²) in [7, 11) is 1.64. The highest BCUT2D eigenvalue weighted by Crippen LogP contribution is 1.92. The van der Waals surface area contributed by atoms with Gasteiger partial charge < -0.3 is 0 Å². The van der Waals surface area contributed by atoms with E-state index in [0.29, 0.717) is 0 Å². The van der Waals surface area contributed by atoms with E-state index in [4.69, 9.17) is 0 Å². The van der Waals surface area contributed by atoms with Crippen LogP contribution in [0.3, 0.4) is 0 Å². The Morgan fingerprint density at radius 2 is 1.82 bits per heavy atom. The average molecular weight is 156 g/mol. The van der Waals surface area contributed by atoms with Gasteiger partial charge in [-0.25, -0.2) is 0 Å². The lowest BCUT2D eigenvalue weighted by Gasteiger charge is -1.81. The van der Waals surface area contributed by atoms with Gasteiger partial charge in [0.15, 0.2) is 0 Å². The highest BCUT2D eigenvalue weighted by molar-refractivity contribution is 5.05. The van der Waals surface area contributed by atoms with Gasteiger partial charge in [-0.1, -0.05) is 33.9 Å². The predicted octanol–water partition coefficient (Wildman–Crippen LogP) is 3.82. The number of rotatable bonds is 2. The molecule has 0 saturated carbocycles. The summed E-state index contributed by atoms with van der Waals surface area (Å²) in [5.74, 6) is 0. The Kier molecular flexibility index (Phi) is 24.2. The van der Waals surface area contributed by atoms with Gasteiger partial charge in [-0.2, -0.15) is 10.2 Å². The Hall–Kier alpha value is -0.920. The van der Waals surface area contributed by atoms with Crippen LogP contribution in [-0.2, 0) is 0 Å². The van der Waals surface area contributed by atoms with Gasteiger partial charge in [0, 0.05) is 7.05 Å². The first-order valence-corrected chi connectivity index (χ1v) is 3.40. The molecule has 11 heavy (non-hydrogen) atoms. The van der Waals surface area contributed by atoms with E-state index in [1.165, 1.54) is 0 Å². The van der Waals surface area contributed by atoms with Crippen molar-refractivity contribution >= 4 is 0 Å². The molecule has 2 nitrogen and oxygen atoms in total. The first-order valence-electron chi connectivity index (χ1n) is 3.40. The minimum Gasteiger partial charge on any atom is -0.192 e. The second-order valence-corrected chi connectivity index (χ2v) is 1.34. The van der Waals surface area contributed by atoms with Gasteiger partial charge >= 0.3 is 0 Å². The van der Waals surface area contributed by atoms with E-state index in [2.05, 4.69) is 16.8 Å². The van der Waals surface area contributed by atoms with E-state index in [0.717, 1.165) is 5.70 Å². The number of azo groups is 1. The average Bonchev–Trinajstić information content (AvgIpc) is 1.93. The molecule has 0 bridgehead atoms. The quantitative estimate of drug-likeness (QED) is 0.429. The molecule has 66 valence electrons. The smallest absolute Gasteiger partial charge is 0.0595 e. The van der Waals surface area contributed by atoms with Crippen molar-refractivity contribution in [2.24, 2.45) is 10.2 Å². The molecule has 0 spiro atoms. The van der Waals surface area contributed by atoms with Crippen LogP contribution in [0.1, 0.15) is 28.2 Å². The number of hydrogen-bond acceptors (Lipinski definition) is 2. The van der Waals surface area contributed by atoms with Crippen molar-refractivity contribution in [1.82, 2.24) is 0 Å². The third-order valence-corrected chi connectivity index (χ3v) is 0.617. The lowest BCUT2D eigenvalue weighted by atomic mass is 10.4. The van der Waals surface area contributed by atoms with Crippen LogP contribution >= 0.6 is 0 Å². The molecule has 0 saturated heterocycles. The van der Waals surface area contributed by atoms with Crippen LogP contribution in [0, 0.1) is 0 Å². The van der Waals surface area contributed by atoms with E-state index >= 15 is 0 Å². The molecule has 0 aromatic heterocycles. The fourth-order valence-electron chi connectivity index (χ4n) is 0.362. The van der Waals surface area contributed by atoms with Crippen molar-refractivity contribution in [2.75, 3.05) is 7.05 Å². The highest BCUT2D eigenvalue weighted by atomic mass is 15.1. The van der Waals surface area contributed by atoms with E-state index in [9.17, 15) is 0 Å². The minimum absolute atomic E-state index is 0. The first-order chi connectivity index (χ1) is 4.81. The molecule has 0 radical (unpaired) electrons. The van der Waals surface area contributed by atoms with Gasteiger partial charge in [0.25, 0.3) is 0 Å². The minimum atomic E-state index is 0. The van der Waals surface area contributed by atoms with Crippen molar-refractivity contribution in [1.29, 1.82) is 0 Å². The van der Waals surface area contributed by atoms with E-state index in [-0.39, 0.29) is 7.43 Å². The van der Waals surface area contributed by atoms with E-state index in [1.807, 2.05) is 20.8 Å². The van der Waals surface area contributed by atoms with Gasteiger partial charge in [0.05, 0.1) is 5.70 Å². The third-order valence-electron chi connectivity index (χ3n) is 0.617. The lowest BCUT2D eigenvalue weighted by Crippen LogP contribution is -1.61. The topological polar surface area (TPSA) is 24.7 Å². The zero-order valence-electron chi connectivity index (χ0n) is 7.26.